The first-order valence-corrected chi connectivity index (χ1v) is 6.50. The molecule has 0 saturated carbocycles. The van der Waals surface area contributed by atoms with Crippen molar-refractivity contribution < 1.29 is 10.2 Å². The molecule has 0 aromatic rings. The lowest BCUT2D eigenvalue weighted by Gasteiger charge is -2.17. The maximum absolute atomic E-state index is 9.14. The quantitative estimate of drug-likeness (QED) is 0.540. The van der Waals surface area contributed by atoms with Gasteiger partial charge in [0.1, 0.15) is 0 Å². The van der Waals surface area contributed by atoms with Crippen molar-refractivity contribution in [1.29, 1.82) is 0 Å². The standard InChI is InChI=1S/C10H23NO2S/c1-3-5-9(11-4-2)7-14-8-10(13)6-12/h9-13H,3-8H2,1-2H3. The van der Waals surface area contributed by atoms with E-state index < -0.39 is 6.10 Å². The van der Waals surface area contributed by atoms with E-state index in [9.17, 15) is 0 Å². The fraction of sp³-hybridized carbons (Fsp3) is 1.00. The maximum atomic E-state index is 9.14. The van der Waals surface area contributed by atoms with Gasteiger partial charge in [-0.1, -0.05) is 20.3 Å². The molecule has 0 radical (unpaired) electrons. The van der Waals surface area contributed by atoms with Crippen LogP contribution in [-0.2, 0) is 0 Å². The first kappa shape index (κ1) is 14.2. The molecule has 3 N–H and O–H groups in total. The zero-order chi connectivity index (χ0) is 10.8. The summed E-state index contributed by atoms with van der Waals surface area (Å²) in [6, 6.07) is 0.542. The second-order valence-electron chi connectivity index (χ2n) is 3.42. The molecule has 86 valence electrons. The van der Waals surface area contributed by atoms with Crippen LogP contribution in [-0.4, -0.2) is 47.0 Å². The summed E-state index contributed by atoms with van der Waals surface area (Å²) in [7, 11) is 0. The molecule has 2 atom stereocenters. The largest absolute Gasteiger partial charge is 0.394 e. The summed E-state index contributed by atoms with van der Waals surface area (Å²) in [6.07, 6.45) is 1.79. The van der Waals surface area contributed by atoms with E-state index in [1.807, 2.05) is 0 Å². The summed E-state index contributed by atoms with van der Waals surface area (Å²) in [5, 5.41) is 21.2. The molecule has 0 aromatic carbocycles. The summed E-state index contributed by atoms with van der Waals surface area (Å²) < 4.78 is 0. The van der Waals surface area contributed by atoms with Crippen LogP contribution in [0.25, 0.3) is 0 Å². The average Bonchev–Trinajstić information content (AvgIpc) is 2.18. The van der Waals surface area contributed by atoms with Crippen molar-refractivity contribution in [3.8, 4) is 0 Å². The summed E-state index contributed by atoms with van der Waals surface area (Å²) in [5.74, 6) is 1.64. The minimum absolute atomic E-state index is 0.132. The number of hydrogen-bond acceptors (Lipinski definition) is 4. The minimum Gasteiger partial charge on any atom is -0.394 e. The van der Waals surface area contributed by atoms with E-state index in [2.05, 4.69) is 19.2 Å². The highest BCUT2D eigenvalue weighted by molar-refractivity contribution is 7.99. The monoisotopic (exact) mass is 221 g/mol. The fourth-order valence-corrected chi connectivity index (χ4v) is 2.36. The summed E-state index contributed by atoms with van der Waals surface area (Å²) in [5.41, 5.74) is 0. The zero-order valence-electron chi connectivity index (χ0n) is 9.20. The Balaban J connectivity index is 3.49. The first-order chi connectivity index (χ1) is 6.74. The van der Waals surface area contributed by atoms with Crippen molar-refractivity contribution in [1.82, 2.24) is 5.32 Å². The van der Waals surface area contributed by atoms with Crippen LogP contribution in [0.4, 0.5) is 0 Å². The van der Waals surface area contributed by atoms with Crippen LogP contribution in [0.1, 0.15) is 26.7 Å². The van der Waals surface area contributed by atoms with Crippen LogP contribution in [0.3, 0.4) is 0 Å². The van der Waals surface area contributed by atoms with Gasteiger partial charge < -0.3 is 15.5 Å². The van der Waals surface area contributed by atoms with Crippen molar-refractivity contribution in [2.45, 2.75) is 38.8 Å². The van der Waals surface area contributed by atoms with Crippen LogP contribution in [0.5, 0.6) is 0 Å². The van der Waals surface area contributed by atoms with Crippen LogP contribution < -0.4 is 5.32 Å². The van der Waals surface area contributed by atoms with E-state index in [0.717, 1.165) is 12.3 Å². The van der Waals surface area contributed by atoms with Crippen molar-refractivity contribution in [3.05, 3.63) is 0 Å². The fourth-order valence-electron chi connectivity index (χ4n) is 1.28. The Labute approximate surface area is 91.3 Å². The van der Waals surface area contributed by atoms with Gasteiger partial charge in [-0.05, 0) is 13.0 Å². The molecule has 0 saturated heterocycles. The van der Waals surface area contributed by atoms with E-state index in [1.54, 1.807) is 11.8 Å². The Bertz CT molecular complexity index is 119. The third-order valence-electron chi connectivity index (χ3n) is 1.97. The second kappa shape index (κ2) is 9.77. The van der Waals surface area contributed by atoms with Crippen molar-refractivity contribution in [2.75, 3.05) is 24.7 Å². The molecule has 0 fully saturated rings. The third-order valence-corrected chi connectivity index (χ3v) is 3.23. The summed E-state index contributed by atoms with van der Waals surface area (Å²) >= 11 is 1.70. The van der Waals surface area contributed by atoms with Gasteiger partial charge in [-0.2, -0.15) is 11.8 Å². The van der Waals surface area contributed by atoms with E-state index in [1.165, 1.54) is 12.8 Å². The van der Waals surface area contributed by atoms with Crippen LogP contribution >= 0.6 is 11.8 Å². The number of aliphatic hydroxyl groups is 2. The molecule has 0 aromatic heterocycles. The number of thioether (sulfide) groups is 1. The van der Waals surface area contributed by atoms with Gasteiger partial charge in [-0.3, -0.25) is 0 Å². The van der Waals surface area contributed by atoms with Crippen molar-refractivity contribution in [2.24, 2.45) is 0 Å². The molecule has 0 aliphatic carbocycles. The SMILES string of the molecule is CCCC(CSCC(O)CO)NCC. The Hall–Kier alpha value is 0.230. The minimum atomic E-state index is -0.566. The number of nitrogens with one attached hydrogen (secondary N) is 1. The lowest BCUT2D eigenvalue weighted by atomic mass is 10.2. The van der Waals surface area contributed by atoms with Gasteiger partial charge in [0.05, 0.1) is 12.7 Å². The Morgan fingerprint density at radius 3 is 2.50 bits per heavy atom. The Morgan fingerprint density at radius 2 is 2.00 bits per heavy atom. The molecule has 0 bridgehead atoms. The summed E-state index contributed by atoms with van der Waals surface area (Å²) in [6.45, 7) is 5.15. The van der Waals surface area contributed by atoms with Crippen LogP contribution in [0.15, 0.2) is 0 Å². The molecule has 2 unspecified atom stereocenters. The molecule has 0 aliphatic heterocycles. The smallest absolute Gasteiger partial charge is 0.0861 e. The maximum Gasteiger partial charge on any atom is 0.0861 e. The van der Waals surface area contributed by atoms with E-state index in [-0.39, 0.29) is 6.61 Å². The molecule has 0 amide bonds. The summed E-state index contributed by atoms with van der Waals surface area (Å²) in [4.78, 5) is 0. The predicted molar refractivity (Wildman–Crippen MR) is 62.8 cm³/mol. The first-order valence-electron chi connectivity index (χ1n) is 5.34. The van der Waals surface area contributed by atoms with Crippen LogP contribution in [0.2, 0.25) is 0 Å². The van der Waals surface area contributed by atoms with Gasteiger partial charge in [0.25, 0.3) is 0 Å². The van der Waals surface area contributed by atoms with E-state index >= 15 is 0 Å². The highest BCUT2D eigenvalue weighted by Gasteiger charge is 2.07. The predicted octanol–water partition coefficient (Wildman–Crippen LogP) is 0.851. The van der Waals surface area contributed by atoms with Crippen LogP contribution in [0, 0.1) is 0 Å². The molecule has 4 heteroatoms. The highest BCUT2D eigenvalue weighted by atomic mass is 32.2. The lowest BCUT2D eigenvalue weighted by molar-refractivity contribution is 0.113. The Kier molecular flexibility index (Phi) is 9.93. The molecule has 3 nitrogen and oxygen atoms in total. The van der Waals surface area contributed by atoms with Crippen molar-refractivity contribution >= 4 is 11.8 Å². The van der Waals surface area contributed by atoms with Gasteiger partial charge >= 0.3 is 0 Å². The van der Waals surface area contributed by atoms with Gasteiger partial charge in [0, 0.05) is 17.5 Å². The topological polar surface area (TPSA) is 52.5 Å². The molecule has 0 spiro atoms. The molecule has 0 heterocycles. The molecular formula is C10H23NO2S. The third kappa shape index (κ3) is 7.62. The molecular weight excluding hydrogens is 198 g/mol. The van der Waals surface area contributed by atoms with Crippen molar-refractivity contribution in [3.63, 3.8) is 0 Å². The van der Waals surface area contributed by atoms with Gasteiger partial charge in [-0.25, -0.2) is 0 Å². The number of hydrogen-bond donors (Lipinski definition) is 3. The molecule has 14 heavy (non-hydrogen) atoms. The van der Waals surface area contributed by atoms with Gasteiger partial charge in [-0.15, -0.1) is 0 Å². The molecule has 0 rings (SSSR count). The molecule has 0 aliphatic rings. The normalized spacial score (nSPS) is 15.4. The van der Waals surface area contributed by atoms with Gasteiger partial charge in [0.2, 0.25) is 0 Å². The number of rotatable bonds is 9. The van der Waals surface area contributed by atoms with E-state index in [0.29, 0.717) is 11.8 Å². The van der Waals surface area contributed by atoms with E-state index in [4.69, 9.17) is 10.2 Å². The Morgan fingerprint density at radius 1 is 1.29 bits per heavy atom. The number of aliphatic hydroxyl groups excluding tert-OH is 2. The average molecular weight is 221 g/mol. The van der Waals surface area contributed by atoms with Gasteiger partial charge in [0.15, 0.2) is 0 Å². The lowest BCUT2D eigenvalue weighted by Crippen LogP contribution is -2.31. The zero-order valence-corrected chi connectivity index (χ0v) is 10.0. The highest BCUT2D eigenvalue weighted by Crippen LogP contribution is 2.08. The second-order valence-corrected chi connectivity index (χ2v) is 4.49.